The van der Waals surface area contributed by atoms with E-state index < -0.39 is 0 Å². The lowest BCUT2D eigenvalue weighted by Crippen LogP contribution is -2.37. The summed E-state index contributed by atoms with van der Waals surface area (Å²) < 4.78 is 5.64. The number of benzene rings is 1. The molecule has 3 N–H and O–H groups in total. The predicted molar refractivity (Wildman–Crippen MR) is 126 cm³/mol. The molecular formula is C21H35IN4O2. The molecule has 6 nitrogen and oxygen atoms in total. The van der Waals surface area contributed by atoms with E-state index in [1.807, 2.05) is 38.1 Å². The molecule has 0 bridgehead atoms. The van der Waals surface area contributed by atoms with E-state index in [9.17, 15) is 4.79 Å². The van der Waals surface area contributed by atoms with Crippen molar-refractivity contribution >= 4 is 41.5 Å². The minimum atomic E-state index is 0. The van der Waals surface area contributed by atoms with Crippen molar-refractivity contribution in [2.45, 2.75) is 46.1 Å². The molecule has 1 atom stereocenters. The molecule has 1 fully saturated rings. The Morgan fingerprint density at radius 3 is 2.79 bits per heavy atom. The molecule has 0 aliphatic heterocycles. The van der Waals surface area contributed by atoms with Crippen LogP contribution in [0.15, 0.2) is 29.3 Å². The molecule has 1 aliphatic rings. The van der Waals surface area contributed by atoms with E-state index in [4.69, 9.17) is 4.74 Å². The summed E-state index contributed by atoms with van der Waals surface area (Å²) in [4.78, 5) is 16.3. The molecule has 0 spiro atoms. The van der Waals surface area contributed by atoms with Crippen molar-refractivity contribution in [3.8, 4) is 0 Å². The van der Waals surface area contributed by atoms with Gasteiger partial charge in [-0.1, -0.05) is 26.0 Å². The summed E-state index contributed by atoms with van der Waals surface area (Å²) in [6.45, 7) is 7.13. The molecule has 0 aromatic heterocycles. The third kappa shape index (κ3) is 9.73. The Morgan fingerprint density at radius 1 is 1.32 bits per heavy atom. The van der Waals surface area contributed by atoms with Gasteiger partial charge in [-0.05, 0) is 49.3 Å². The van der Waals surface area contributed by atoms with Gasteiger partial charge in [0, 0.05) is 45.0 Å². The Labute approximate surface area is 186 Å². The number of guanidine groups is 1. The number of amides is 1. The molecule has 1 aromatic rings. The Bertz CT molecular complexity index is 620. The van der Waals surface area contributed by atoms with Gasteiger partial charge >= 0.3 is 0 Å². The molecule has 0 radical (unpaired) electrons. The predicted octanol–water partition coefficient (Wildman–Crippen LogP) is 3.77. The number of nitrogens with one attached hydrogen (secondary N) is 3. The standard InChI is InChI=1S/C21H34N4O2.HI/c1-4-16(2)20(26)25-19-8-5-7-18(13-19)14-24-21(22-3)23-11-6-12-27-15-17-9-10-17;/h5,7-8,13,16-17H,4,6,9-12,14-15H2,1-3H3,(H,25,26)(H2,22,23,24);1H. The Hall–Kier alpha value is -1.35. The molecule has 0 heterocycles. The highest BCUT2D eigenvalue weighted by molar-refractivity contribution is 14.0. The molecule has 0 saturated heterocycles. The number of carbonyl (C=O) groups is 1. The number of anilines is 1. The van der Waals surface area contributed by atoms with E-state index in [1.165, 1.54) is 12.8 Å². The molecule has 28 heavy (non-hydrogen) atoms. The van der Waals surface area contributed by atoms with Crippen LogP contribution in [0, 0.1) is 11.8 Å². The number of carbonyl (C=O) groups excluding carboxylic acids is 1. The molecule has 1 unspecified atom stereocenters. The number of halogens is 1. The van der Waals surface area contributed by atoms with E-state index >= 15 is 0 Å². The Kier molecular flexibility index (Phi) is 12.1. The van der Waals surface area contributed by atoms with Crippen molar-refractivity contribution < 1.29 is 9.53 Å². The first kappa shape index (κ1) is 24.7. The minimum absolute atomic E-state index is 0. The summed E-state index contributed by atoms with van der Waals surface area (Å²) in [5.74, 6) is 1.66. The van der Waals surface area contributed by atoms with Gasteiger partial charge in [-0.25, -0.2) is 0 Å². The Balaban J connectivity index is 0.00000392. The molecule has 1 aromatic carbocycles. The van der Waals surface area contributed by atoms with Crippen molar-refractivity contribution in [3.63, 3.8) is 0 Å². The zero-order valence-corrected chi connectivity index (χ0v) is 19.6. The highest BCUT2D eigenvalue weighted by Crippen LogP contribution is 2.28. The quantitative estimate of drug-likeness (QED) is 0.187. The minimum Gasteiger partial charge on any atom is -0.381 e. The lowest BCUT2D eigenvalue weighted by atomic mass is 10.1. The van der Waals surface area contributed by atoms with E-state index in [0.717, 1.165) is 55.7 Å². The molecule has 7 heteroatoms. The van der Waals surface area contributed by atoms with Gasteiger partial charge in [0.05, 0.1) is 0 Å². The van der Waals surface area contributed by atoms with Gasteiger partial charge in [-0.2, -0.15) is 0 Å². The largest absolute Gasteiger partial charge is 0.381 e. The van der Waals surface area contributed by atoms with Crippen LogP contribution in [0.3, 0.4) is 0 Å². The fourth-order valence-electron chi connectivity index (χ4n) is 2.53. The normalized spacial score (nSPS) is 14.8. The van der Waals surface area contributed by atoms with Gasteiger partial charge in [0.25, 0.3) is 0 Å². The van der Waals surface area contributed by atoms with Gasteiger partial charge in [0.1, 0.15) is 0 Å². The first-order chi connectivity index (χ1) is 13.1. The number of hydrogen-bond acceptors (Lipinski definition) is 3. The molecule has 1 saturated carbocycles. The van der Waals surface area contributed by atoms with Crippen LogP contribution in [0.25, 0.3) is 0 Å². The molecule has 158 valence electrons. The second-order valence-corrected chi connectivity index (χ2v) is 7.22. The number of nitrogens with zero attached hydrogens (tertiary/aromatic N) is 1. The van der Waals surface area contributed by atoms with Crippen LogP contribution < -0.4 is 16.0 Å². The van der Waals surface area contributed by atoms with Crippen LogP contribution in [0.1, 0.15) is 45.1 Å². The monoisotopic (exact) mass is 502 g/mol. The number of hydrogen-bond donors (Lipinski definition) is 3. The summed E-state index contributed by atoms with van der Waals surface area (Å²) in [5, 5.41) is 9.58. The van der Waals surface area contributed by atoms with Crippen LogP contribution in [0.5, 0.6) is 0 Å². The van der Waals surface area contributed by atoms with E-state index in [1.54, 1.807) is 7.05 Å². The maximum atomic E-state index is 12.0. The number of ether oxygens (including phenoxy) is 1. The summed E-state index contributed by atoms with van der Waals surface area (Å²) in [6, 6.07) is 7.90. The maximum absolute atomic E-state index is 12.0. The molecule has 1 amide bonds. The van der Waals surface area contributed by atoms with Crippen molar-refractivity contribution in [1.29, 1.82) is 0 Å². The SMILES string of the molecule is CCC(C)C(=O)Nc1cccc(CNC(=NC)NCCCOCC2CC2)c1.I. The van der Waals surface area contributed by atoms with E-state index in [-0.39, 0.29) is 35.8 Å². The maximum Gasteiger partial charge on any atom is 0.227 e. The zero-order chi connectivity index (χ0) is 19.5. The van der Waals surface area contributed by atoms with Gasteiger partial charge < -0.3 is 20.7 Å². The van der Waals surface area contributed by atoms with Crippen LogP contribution in [-0.2, 0) is 16.1 Å². The van der Waals surface area contributed by atoms with Crippen LogP contribution >= 0.6 is 24.0 Å². The third-order valence-electron chi connectivity index (χ3n) is 4.75. The zero-order valence-electron chi connectivity index (χ0n) is 17.3. The van der Waals surface area contributed by atoms with E-state index in [0.29, 0.717) is 6.54 Å². The van der Waals surface area contributed by atoms with Gasteiger partial charge in [0.2, 0.25) is 5.91 Å². The Morgan fingerprint density at radius 2 is 2.11 bits per heavy atom. The van der Waals surface area contributed by atoms with Crippen molar-refractivity contribution in [3.05, 3.63) is 29.8 Å². The number of aliphatic imine (C=N–C) groups is 1. The average Bonchev–Trinajstić information content (AvgIpc) is 3.50. The van der Waals surface area contributed by atoms with Crippen molar-refractivity contribution in [2.75, 3.05) is 32.1 Å². The van der Waals surface area contributed by atoms with Crippen LogP contribution in [0.2, 0.25) is 0 Å². The fourth-order valence-corrected chi connectivity index (χ4v) is 2.53. The molecule has 1 aliphatic carbocycles. The van der Waals surface area contributed by atoms with Gasteiger partial charge in [-0.15, -0.1) is 24.0 Å². The van der Waals surface area contributed by atoms with Crippen molar-refractivity contribution in [1.82, 2.24) is 10.6 Å². The van der Waals surface area contributed by atoms with Crippen LogP contribution in [-0.4, -0.2) is 38.7 Å². The average molecular weight is 502 g/mol. The summed E-state index contributed by atoms with van der Waals surface area (Å²) >= 11 is 0. The second kappa shape index (κ2) is 13.8. The summed E-state index contributed by atoms with van der Waals surface area (Å²) in [5.41, 5.74) is 1.92. The first-order valence-electron chi connectivity index (χ1n) is 10.0. The molecule has 2 rings (SSSR count). The van der Waals surface area contributed by atoms with E-state index in [2.05, 4.69) is 20.9 Å². The topological polar surface area (TPSA) is 74.8 Å². The third-order valence-corrected chi connectivity index (χ3v) is 4.75. The first-order valence-corrected chi connectivity index (χ1v) is 10.0. The smallest absolute Gasteiger partial charge is 0.227 e. The second-order valence-electron chi connectivity index (χ2n) is 7.22. The fraction of sp³-hybridized carbons (Fsp3) is 0.619. The van der Waals surface area contributed by atoms with Crippen LogP contribution in [0.4, 0.5) is 5.69 Å². The van der Waals surface area contributed by atoms with Gasteiger partial charge in [-0.3, -0.25) is 9.79 Å². The summed E-state index contributed by atoms with van der Waals surface area (Å²) in [7, 11) is 1.77. The summed E-state index contributed by atoms with van der Waals surface area (Å²) in [6.07, 6.45) is 4.46. The lowest BCUT2D eigenvalue weighted by molar-refractivity contribution is -0.119. The highest BCUT2D eigenvalue weighted by atomic mass is 127. The number of rotatable bonds is 11. The lowest BCUT2D eigenvalue weighted by Gasteiger charge is -2.14. The highest BCUT2D eigenvalue weighted by Gasteiger charge is 2.20. The van der Waals surface area contributed by atoms with Gasteiger partial charge in [0.15, 0.2) is 5.96 Å². The van der Waals surface area contributed by atoms with Crippen molar-refractivity contribution in [2.24, 2.45) is 16.8 Å². The molecular weight excluding hydrogens is 467 g/mol.